The van der Waals surface area contributed by atoms with Crippen molar-refractivity contribution >= 4 is 11.5 Å². The van der Waals surface area contributed by atoms with Crippen LogP contribution in [0.4, 0.5) is 5.69 Å². The second-order valence-electron chi connectivity index (χ2n) is 5.02. The van der Waals surface area contributed by atoms with Gasteiger partial charge in [-0.05, 0) is 43.0 Å². The molecular weight excluding hydrogens is 236 g/mol. The number of Topliss-reactive ketones (excluding diaryl/α,β-unsaturated/α-hetero) is 1. The number of hydrogen-bond acceptors (Lipinski definition) is 3. The maximum Gasteiger partial charge on any atom is 0.172 e. The van der Waals surface area contributed by atoms with Gasteiger partial charge in [0.15, 0.2) is 5.78 Å². The summed E-state index contributed by atoms with van der Waals surface area (Å²) in [5.74, 6) is 0.0268. The van der Waals surface area contributed by atoms with Crippen LogP contribution in [-0.2, 0) is 6.42 Å². The van der Waals surface area contributed by atoms with Gasteiger partial charge >= 0.3 is 0 Å². The van der Waals surface area contributed by atoms with E-state index in [0.717, 1.165) is 29.7 Å². The van der Waals surface area contributed by atoms with Gasteiger partial charge in [0.1, 0.15) is 0 Å². The Morgan fingerprint density at radius 2 is 2.16 bits per heavy atom. The van der Waals surface area contributed by atoms with E-state index >= 15 is 0 Å². The van der Waals surface area contributed by atoms with Crippen molar-refractivity contribution in [2.24, 2.45) is 0 Å². The van der Waals surface area contributed by atoms with Crippen LogP contribution in [-0.4, -0.2) is 10.8 Å². The number of fused-ring (bicyclic) bond motifs is 1. The van der Waals surface area contributed by atoms with Gasteiger partial charge in [-0.15, -0.1) is 0 Å². The average Bonchev–Trinajstić information content (AvgIpc) is 2.85. The van der Waals surface area contributed by atoms with E-state index in [1.165, 1.54) is 5.56 Å². The molecule has 3 heteroatoms. The molecule has 1 aromatic carbocycles. The van der Waals surface area contributed by atoms with E-state index in [2.05, 4.69) is 11.1 Å². The zero-order valence-electron chi connectivity index (χ0n) is 10.9. The maximum atomic E-state index is 12.7. The van der Waals surface area contributed by atoms with Crippen LogP contribution in [0.1, 0.15) is 39.5 Å². The summed E-state index contributed by atoms with van der Waals surface area (Å²) in [5, 5.41) is 0. The SMILES string of the molecule is Cc1c(N)cccc1C(=O)C1CCc2cccnc21. The average molecular weight is 252 g/mol. The molecule has 1 aliphatic rings. The second kappa shape index (κ2) is 4.50. The highest BCUT2D eigenvalue weighted by Crippen LogP contribution is 2.34. The zero-order valence-corrected chi connectivity index (χ0v) is 10.9. The number of anilines is 1. The molecule has 3 rings (SSSR count). The van der Waals surface area contributed by atoms with Gasteiger partial charge in [-0.2, -0.15) is 0 Å². The van der Waals surface area contributed by atoms with Crippen LogP contribution < -0.4 is 5.73 Å². The highest BCUT2D eigenvalue weighted by Gasteiger charge is 2.31. The van der Waals surface area contributed by atoms with Gasteiger partial charge in [-0.3, -0.25) is 9.78 Å². The van der Waals surface area contributed by atoms with Crippen molar-refractivity contribution in [1.82, 2.24) is 4.98 Å². The summed E-state index contributed by atoms with van der Waals surface area (Å²) in [6.07, 6.45) is 3.54. The Morgan fingerprint density at radius 1 is 1.32 bits per heavy atom. The van der Waals surface area contributed by atoms with Crippen LogP contribution in [0, 0.1) is 6.92 Å². The summed E-state index contributed by atoms with van der Waals surface area (Å²) >= 11 is 0. The molecule has 1 aliphatic carbocycles. The maximum absolute atomic E-state index is 12.7. The highest BCUT2D eigenvalue weighted by atomic mass is 16.1. The van der Waals surface area contributed by atoms with Gasteiger partial charge in [0.2, 0.25) is 0 Å². The fourth-order valence-electron chi connectivity index (χ4n) is 2.78. The molecule has 1 heterocycles. The Hall–Kier alpha value is -2.16. The van der Waals surface area contributed by atoms with Crippen LogP contribution in [0.15, 0.2) is 36.5 Å². The minimum absolute atomic E-state index is 0.114. The van der Waals surface area contributed by atoms with Crippen LogP contribution in [0.25, 0.3) is 0 Å². The predicted molar refractivity (Wildman–Crippen MR) is 75.2 cm³/mol. The van der Waals surface area contributed by atoms with E-state index in [4.69, 9.17) is 5.73 Å². The van der Waals surface area contributed by atoms with Gasteiger partial charge in [0.05, 0.1) is 11.6 Å². The standard InChI is InChI=1S/C16H16N2O/c1-10-12(5-2-6-14(10)17)16(19)13-8-7-11-4-3-9-18-15(11)13/h2-6,9,13H,7-8,17H2,1H3. The van der Waals surface area contributed by atoms with Crippen molar-refractivity contribution in [1.29, 1.82) is 0 Å². The number of aromatic nitrogens is 1. The van der Waals surface area contributed by atoms with Gasteiger partial charge in [0, 0.05) is 17.4 Å². The van der Waals surface area contributed by atoms with E-state index in [1.807, 2.05) is 31.2 Å². The Balaban J connectivity index is 2.00. The molecular formula is C16H16N2O. The van der Waals surface area contributed by atoms with Crippen molar-refractivity contribution in [3.63, 3.8) is 0 Å². The Kier molecular flexibility index (Phi) is 2.82. The minimum Gasteiger partial charge on any atom is -0.398 e. The molecule has 0 aliphatic heterocycles. The summed E-state index contributed by atoms with van der Waals surface area (Å²) in [7, 11) is 0. The van der Waals surface area contributed by atoms with Gasteiger partial charge < -0.3 is 5.73 Å². The highest BCUT2D eigenvalue weighted by molar-refractivity contribution is 6.03. The van der Waals surface area contributed by atoms with E-state index < -0.39 is 0 Å². The largest absolute Gasteiger partial charge is 0.398 e. The molecule has 1 unspecified atom stereocenters. The summed E-state index contributed by atoms with van der Waals surface area (Å²) in [6.45, 7) is 1.90. The normalized spacial score (nSPS) is 17.2. The summed E-state index contributed by atoms with van der Waals surface area (Å²) in [6, 6.07) is 9.50. The molecule has 96 valence electrons. The first-order valence-electron chi connectivity index (χ1n) is 6.51. The number of carbonyl (C=O) groups excluding carboxylic acids is 1. The summed E-state index contributed by atoms with van der Waals surface area (Å²) in [4.78, 5) is 17.1. The third kappa shape index (κ3) is 1.91. The molecule has 3 nitrogen and oxygen atoms in total. The third-order valence-corrected chi connectivity index (χ3v) is 3.92. The number of rotatable bonds is 2. The number of ketones is 1. The quantitative estimate of drug-likeness (QED) is 0.660. The fourth-order valence-corrected chi connectivity index (χ4v) is 2.78. The lowest BCUT2D eigenvalue weighted by Crippen LogP contribution is -2.13. The first kappa shape index (κ1) is 11.9. The topological polar surface area (TPSA) is 56.0 Å². The minimum atomic E-state index is -0.114. The number of hydrogen-bond donors (Lipinski definition) is 1. The van der Waals surface area contributed by atoms with Crippen molar-refractivity contribution in [3.8, 4) is 0 Å². The Labute approximate surface area is 112 Å². The van der Waals surface area contributed by atoms with Crippen LogP contribution in [0.5, 0.6) is 0 Å². The van der Waals surface area contributed by atoms with Crippen LogP contribution >= 0.6 is 0 Å². The lowest BCUT2D eigenvalue weighted by molar-refractivity contribution is 0.0957. The number of nitrogen functional groups attached to an aromatic ring is 1. The first-order chi connectivity index (χ1) is 9.18. The van der Waals surface area contributed by atoms with Crippen molar-refractivity contribution in [3.05, 3.63) is 58.9 Å². The van der Waals surface area contributed by atoms with E-state index in [-0.39, 0.29) is 11.7 Å². The Morgan fingerprint density at radius 3 is 3.00 bits per heavy atom. The molecule has 0 amide bonds. The molecule has 0 fully saturated rings. The van der Waals surface area contributed by atoms with Gasteiger partial charge in [-0.25, -0.2) is 0 Å². The van der Waals surface area contributed by atoms with E-state index in [1.54, 1.807) is 6.20 Å². The van der Waals surface area contributed by atoms with Gasteiger partial charge in [-0.1, -0.05) is 18.2 Å². The smallest absolute Gasteiger partial charge is 0.172 e. The molecule has 0 radical (unpaired) electrons. The number of pyridine rings is 1. The molecule has 0 saturated heterocycles. The predicted octanol–water partition coefficient (Wildman–Crippen LogP) is 2.88. The van der Waals surface area contributed by atoms with E-state index in [9.17, 15) is 4.79 Å². The number of nitrogens with zero attached hydrogens (tertiary/aromatic N) is 1. The van der Waals surface area contributed by atoms with Crippen molar-refractivity contribution in [2.45, 2.75) is 25.7 Å². The number of nitrogens with two attached hydrogens (primary N) is 1. The number of aryl methyl sites for hydroxylation is 1. The lowest BCUT2D eigenvalue weighted by Gasteiger charge is -2.12. The first-order valence-corrected chi connectivity index (χ1v) is 6.51. The molecule has 0 bridgehead atoms. The Bertz CT molecular complexity index is 649. The molecule has 1 atom stereocenters. The van der Waals surface area contributed by atoms with Crippen LogP contribution in [0.2, 0.25) is 0 Å². The monoisotopic (exact) mass is 252 g/mol. The van der Waals surface area contributed by atoms with Crippen molar-refractivity contribution < 1.29 is 4.79 Å². The third-order valence-electron chi connectivity index (χ3n) is 3.92. The van der Waals surface area contributed by atoms with Crippen LogP contribution in [0.3, 0.4) is 0 Å². The molecule has 0 saturated carbocycles. The molecule has 0 spiro atoms. The van der Waals surface area contributed by atoms with Crippen molar-refractivity contribution in [2.75, 3.05) is 5.73 Å². The number of benzene rings is 1. The zero-order chi connectivity index (χ0) is 13.4. The second-order valence-corrected chi connectivity index (χ2v) is 5.02. The molecule has 1 aromatic heterocycles. The lowest BCUT2D eigenvalue weighted by atomic mass is 9.92. The van der Waals surface area contributed by atoms with Gasteiger partial charge in [0.25, 0.3) is 0 Å². The fraction of sp³-hybridized carbons (Fsp3) is 0.250. The van der Waals surface area contributed by atoms with E-state index in [0.29, 0.717) is 5.69 Å². The summed E-state index contributed by atoms with van der Waals surface area (Å²) < 4.78 is 0. The molecule has 19 heavy (non-hydrogen) atoms. The molecule has 2 aromatic rings. The number of carbonyl (C=O) groups is 1. The summed E-state index contributed by atoms with van der Waals surface area (Å²) in [5.41, 5.74) is 10.3. The molecule has 2 N–H and O–H groups in total.